The molecule has 32 heavy (non-hydrogen) atoms. The molecule has 0 bridgehead atoms. The molecule has 0 aromatic carbocycles. The molecule has 2 N–H and O–H groups in total. The predicted octanol–water partition coefficient (Wildman–Crippen LogP) is 6.57. The van der Waals surface area contributed by atoms with Crippen molar-refractivity contribution in [3.05, 3.63) is 23.3 Å². The van der Waals surface area contributed by atoms with Crippen molar-refractivity contribution in [1.29, 1.82) is 0 Å². The Bertz CT molecular complexity index is 688. The van der Waals surface area contributed by atoms with E-state index in [1.165, 1.54) is 5.57 Å². The fourth-order valence-electron chi connectivity index (χ4n) is 3.21. The Balaban J connectivity index is 5.36. The van der Waals surface area contributed by atoms with Gasteiger partial charge in [-0.1, -0.05) is 60.6 Å². The monoisotopic (exact) mass is 467 g/mol. The molecule has 4 atom stereocenters. The highest BCUT2D eigenvalue weighted by molar-refractivity contribution is 6.74. The first-order chi connectivity index (χ1) is 14.4. The van der Waals surface area contributed by atoms with Gasteiger partial charge in [-0.2, -0.15) is 0 Å². The van der Waals surface area contributed by atoms with Gasteiger partial charge < -0.3 is 14.8 Å². The van der Waals surface area contributed by atoms with Crippen LogP contribution in [0.25, 0.3) is 0 Å². The van der Waals surface area contributed by atoms with Crippen LogP contribution >= 0.6 is 0 Å². The molecular weight excluding hydrogens is 418 g/mol. The van der Waals surface area contributed by atoms with Gasteiger partial charge in [-0.25, -0.2) is 4.79 Å². The number of hydrogen-bond donors (Lipinski definition) is 2. The molecule has 0 aliphatic rings. The second-order valence-corrected chi connectivity index (χ2v) is 16.0. The molecule has 0 unspecified atom stereocenters. The van der Waals surface area contributed by atoms with E-state index in [1.54, 1.807) is 6.92 Å². The molecular formula is C26H49NO4Si. The summed E-state index contributed by atoms with van der Waals surface area (Å²) in [4.78, 5) is 24.0. The van der Waals surface area contributed by atoms with Crippen molar-refractivity contribution >= 4 is 20.2 Å². The van der Waals surface area contributed by atoms with Crippen LogP contribution in [0.5, 0.6) is 0 Å². The van der Waals surface area contributed by atoms with Crippen molar-refractivity contribution < 1.29 is 19.1 Å². The van der Waals surface area contributed by atoms with Crippen molar-refractivity contribution in [3.63, 3.8) is 0 Å². The zero-order valence-corrected chi connectivity index (χ0v) is 23.6. The lowest BCUT2D eigenvalue weighted by Gasteiger charge is -2.42. The Morgan fingerprint density at radius 1 is 1.09 bits per heavy atom. The minimum atomic E-state index is -1.94. The SMILES string of the molecule is C/C=C(\C)[C@@H](O[Si](C)(C)C(C)(C)C)[C@@H](C)[C@@H](C)C/C=C(\C)C(=O)N[C@H](CC(C)C)C(=O)O. The van der Waals surface area contributed by atoms with E-state index in [1.807, 2.05) is 19.9 Å². The van der Waals surface area contributed by atoms with E-state index in [2.05, 4.69) is 73.0 Å². The first-order valence-corrected chi connectivity index (χ1v) is 14.9. The number of hydrogen-bond acceptors (Lipinski definition) is 3. The van der Waals surface area contributed by atoms with E-state index in [9.17, 15) is 14.7 Å². The summed E-state index contributed by atoms with van der Waals surface area (Å²) in [6, 6.07) is -0.859. The highest BCUT2D eigenvalue weighted by Crippen LogP contribution is 2.40. The second-order valence-electron chi connectivity index (χ2n) is 11.3. The van der Waals surface area contributed by atoms with Crippen molar-refractivity contribution in [2.24, 2.45) is 17.8 Å². The van der Waals surface area contributed by atoms with Crippen molar-refractivity contribution in [3.8, 4) is 0 Å². The summed E-state index contributed by atoms with van der Waals surface area (Å²) in [6.45, 7) is 25.6. The number of carboxylic acids is 1. The van der Waals surface area contributed by atoms with Crippen molar-refractivity contribution in [2.45, 2.75) is 112 Å². The number of carboxylic acid groups (broad SMARTS) is 1. The van der Waals surface area contributed by atoms with Gasteiger partial charge in [0.05, 0.1) is 6.10 Å². The topological polar surface area (TPSA) is 75.6 Å². The van der Waals surface area contributed by atoms with E-state index in [-0.39, 0.29) is 28.9 Å². The van der Waals surface area contributed by atoms with Crippen molar-refractivity contribution in [2.75, 3.05) is 0 Å². The van der Waals surface area contributed by atoms with E-state index in [4.69, 9.17) is 4.43 Å². The molecule has 0 spiro atoms. The van der Waals surface area contributed by atoms with Crippen LogP contribution in [0.1, 0.15) is 82.1 Å². The lowest BCUT2D eigenvalue weighted by molar-refractivity contribution is -0.141. The number of carbonyl (C=O) groups excluding carboxylic acids is 1. The molecule has 0 aliphatic heterocycles. The standard InChI is InChI=1S/C26H49NO4Si/c1-13-18(4)23(31-32(11,12)26(8,9)10)21(7)19(5)14-15-20(6)24(28)27-22(25(29)30)16-17(2)3/h13,15,17,19,21-23H,14,16H2,1-12H3,(H,27,28)(H,29,30)/b18-13+,20-15+/t19-,21-,22+,23+/m0/s1. The Morgan fingerprint density at radius 3 is 2.03 bits per heavy atom. The third-order valence-corrected chi connectivity index (χ3v) is 11.4. The Morgan fingerprint density at radius 2 is 1.62 bits per heavy atom. The number of amides is 1. The van der Waals surface area contributed by atoms with E-state index >= 15 is 0 Å². The molecule has 0 aromatic rings. The molecule has 0 aliphatic carbocycles. The largest absolute Gasteiger partial charge is 0.480 e. The quantitative estimate of drug-likeness (QED) is 0.193. The minimum Gasteiger partial charge on any atom is -0.480 e. The highest BCUT2D eigenvalue weighted by Gasteiger charge is 2.41. The van der Waals surface area contributed by atoms with Crippen LogP contribution in [-0.2, 0) is 14.0 Å². The van der Waals surface area contributed by atoms with Crippen LogP contribution in [-0.4, -0.2) is 37.4 Å². The summed E-state index contributed by atoms with van der Waals surface area (Å²) in [5.74, 6) is -0.534. The minimum absolute atomic E-state index is 0.0425. The van der Waals surface area contributed by atoms with Crippen LogP contribution in [0.3, 0.4) is 0 Å². The van der Waals surface area contributed by atoms with Gasteiger partial charge in [-0.05, 0) is 75.1 Å². The number of allylic oxidation sites excluding steroid dienone is 2. The summed E-state index contributed by atoms with van der Waals surface area (Å²) < 4.78 is 6.81. The van der Waals surface area contributed by atoms with Crippen LogP contribution in [0.2, 0.25) is 18.1 Å². The average molecular weight is 468 g/mol. The van der Waals surface area contributed by atoms with Gasteiger partial charge in [0.2, 0.25) is 5.91 Å². The van der Waals surface area contributed by atoms with Gasteiger partial charge in [-0.15, -0.1) is 0 Å². The molecule has 0 aromatic heterocycles. The number of rotatable bonds is 12. The molecule has 0 fully saturated rings. The summed E-state index contributed by atoms with van der Waals surface area (Å²) in [5.41, 5.74) is 1.80. The van der Waals surface area contributed by atoms with Gasteiger partial charge in [0.1, 0.15) is 6.04 Å². The molecule has 0 saturated heterocycles. The molecule has 5 nitrogen and oxygen atoms in total. The van der Waals surface area contributed by atoms with Gasteiger partial charge in [0, 0.05) is 5.57 Å². The highest BCUT2D eigenvalue weighted by atomic mass is 28.4. The molecule has 186 valence electrons. The molecule has 0 radical (unpaired) electrons. The van der Waals surface area contributed by atoms with Gasteiger partial charge in [0.15, 0.2) is 8.32 Å². The average Bonchev–Trinajstić information content (AvgIpc) is 2.66. The Labute approximate surface area is 198 Å². The molecule has 0 heterocycles. The third-order valence-electron chi connectivity index (χ3n) is 6.97. The Hall–Kier alpha value is -1.40. The second kappa shape index (κ2) is 12.7. The summed E-state index contributed by atoms with van der Waals surface area (Å²) >= 11 is 0. The zero-order valence-electron chi connectivity index (χ0n) is 22.6. The van der Waals surface area contributed by atoms with Gasteiger partial charge in [-0.3, -0.25) is 4.79 Å². The van der Waals surface area contributed by atoms with Crippen LogP contribution < -0.4 is 5.32 Å². The van der Waals surface area contributed by atoms with Gasteiger partial charge >= 0.3 is 5.97 Å². The maximum atomic E-state index is 12.5. The maximum Gasteiger partial charge on any atom is 0.326 e. The van der Waals surface area contributed by atoms with Crippen molar-refractivity contribution in [1.82, 2.24) is 5.32 Å². The summed E-state index contributed by atoms with van der Waals surface area (Å²) in [7, 11) is -1.94. The smallest absolute Gasteiger partial charge is 0.326 e. The molecule has 0 saturated carbocycles. The number of aliphatic carboxylic acids is 1. The van der Waals surface area contributed by atoms with E-state index in [0.29, 0.717) is 17.9 Å². The predicted molar refractivity (Wildman–Crippen MR) is 137 cm³/mol. The number of carbonyl (C=O) groups is 2. The molecule has 1 amide bonds. The van der Waals surface area contributed by atoms with Crippen LogP contribution in [0, 0.1) is 17.8 Å². The van der Waals surface area contributed by atoms with Gasteiger partial charge in [0.25, 0.3) is 0 Å². The number of nitrogens with one attached hydrogen (secondary N) is 1. The molecule has 0 rings (SSSR count). The molecule has 6 heteroatoms. The first-order valence-electron chi connectivity index (χ1n) is 12.0. The summed E-state index contributed by atoms with van der Waals surface area (Å²) in [6.07, 6.45) is 5.25. The lowest BCUT2D eigenvalue weighted by Crippen LogP contribution is -2.46. The fourth-order valence-corrected chi connectivity index (χ4v) is 4.60. The van der Waals surface area contributed by atoms with Crippen LogP contribution in [0.4, 0.5) is 0 Å². The normalized spacial score (nSPS) is 17.7. The maximum absolute atomic E-state index is 12.5. The summed E-state index contributed by atoms with van der Waals surface area (Å²) in [5, 5.41) is 12.2. The fraction of sp³-hybridized carbons (Fsp3) is 0.769. The lowest BCUT2D eigenvalue weighted by atomic mass is 9.85. The Kier molecular flexibility index (Phi) is 12.2. The first kappa shape index (κ1) is 30.6. The van der Waals surface area contributed by atoms with Crippen LogP contribution in [0.15, 0.2) is 23.3 Å². The van der Waals surface area contributed by atoms with E-state index < -0.39 is 20.3 Å². The van der Waals surface area contributed by atoms with E-state index in [0.717, 1.165) is 6.42 Å². The third kappa shape index (κ3) is 9.61. The zero-order chi connectivity index (χ0) is 25.4.